The van der Waals surface area contributed by atoms with Gasteiger partial charge in [-0.25, -0.2) is 0 Å². The van der Waals surface area contributed by atoms with Crippen LogP contribution in [0.3, 0.4) is 0 Å². The van der Waals surface area contributed by atoms with Crippen LogP contribution >= 0.6 is 11.6 Å². The van der Waals surface area contributed by atoms with E-state index in [4.69, 9.17) is 11.6 Å². The molecule has 1 nitrogen and oxygen atoms in total. The normalized spacial score (nSPS) is 11.5. The van der Waals surface area contributed by atoms with Gasteiger partial charge >= 0.3 is 6.18 Å². The summed E-state index contributed by atoms with van der Waals surface area (Å²) in [5, 5.41) is 3.15. The fourth-order valence-electron chi connectivity index (χ4n) is 1.28. The van der Waals surface area contributed by atoms with Crippen molar-refractivity contribution in [2.75, 3.05) is 6.54 Å². The van der Waals surface area contributed by atoms with Crippen LogP contribution in [-0.4, -0.2) is 6.54 Å². The van der Waals surface area contributed by atoms with E-state index in [9.17, 15) is 13.2 Å². The van der Waals surface area contributed by atoms with Gasteiger partial charge in [0.1, 0.15) is 0 Å². The fraction of sp³-hybridized carbons (Fsp3) is 0.273. The van der Waals surface area contributed by atoms with E-state index < -0.39 is 11.7 Å². The van der Waals surface area contributed by atoms with E-state index in [1.807, 2.05) is 0 Å². The standard InChI is InChI=1S/C11H11ClF3N/c1-8(12)6-16-7-9-4-2-3-5-10(9)11(13,14)15/h2-5,16H,1,6-7H2. The average molecular weight is 250 g/mol. The summed E-state index contributed by atoms with van der Waals surface area (Å²) >= 11 is 5.49. The maximum atomic E-state index is 12.6. The molecule has 0 fully saturated rings. The Morgan fingerprint density at radius 3 is 2.50 bits per heavy atom. The first kappa shape index (κ1) is 13.1. The van der Waals surface area contributed by atoms with Crippen LogP contribution < -0.4 is 5.32 Å². The van der Waals surface area contributed by atoms with Crippen LogP contribution in [0.1, 0.15) is 11.1 Å². The molecule has 1 aromatic rings. The van der Waals surface area contributed by atoms with E-state index in [0.717, 1.165) is 6.07 Å². The third-order valence-electron chi connectivity index (χ3n) is 1.96. The van der Waals surface area contributed by atoms with Crippen molar-refractivity contribution in [1.82, 2.24) is 5.32 Å². The predicted molar refractivity (Wildman–Crippen MR) is 58.1 cm³/mol. The van der Waals surface area contributed by atoms with E-state index in [2.05, 4.69) is 11.9 Å². The van der Waals surface area contributed by atoms with Crippen LogP contribution in [-0.2, 0) is 12.7 Å². The van der Waals surface area contributed by atoms with E-state index in [0.29, 0.717) is 5.03 Å². The maximum Gasteiger partial charge on any atom is 0.416 e. The summed E-state index contributed by atoms with van der Waals surface area (Å²) in [7, 11) is 0. The lowest BCUT2D eigenvalue weighted by Crippen LogP contribution is -2.18. The minimum Gasteiger partial charge on any atom is -0.308 e. The lowest BCUT2D eigenvalue weighted by atomic mass is 10.1. The highest BCUT2D eigenvalue weighted by Gasteiger charge is 2.32. The van der Waals surface area contributed by atoms with Crippen LogP contribution in [0.2, 0.25) is 0 Å². The molecule has 5 heteroatoms. The van der Waals surface area contributed by atoms with E-state index in [1.165, 1.54) is 12.1 Å². The molecule has 16 heavy (non-hydrogen) atoms. The molecule has 1 rings (SSSR count). The van der Waals surface area contributed by atoms with E-state index in [-0.39, 0.29) is 18.7 Å². The van der Waals surface area contributed by atoms with Gasteiger partial charge in [0.15, 0.2) is 0 Å². The van der Waals surface area contributed by atoms with Gasteiger partial charge in [0.05, 0.1) is 5.56 Å². The van der Waals surface area contributed by atoms with Gasteiger partial charge < -0.3 is 5.32 Å². The van der Waals surface area contributed by atoms with Gasteiger partial charge in [-0.2, -0.15) is 13.2 Å². The number of halogens is 4. The van der Waals surface area contributed by atoms with Gasteiger partial charge in [-0.1, -0.05) is 36.4 Å². The van der Waals surface area contributed by atoms with Gasteiger partial charge in [0, 0.05) is 18.1 Å². The first-order valence-electron chi connectivity index (χ1n) is 4.60. The third-order valence-corrected chi connectivity index (χ3v) is 2.09. The number of hydrogen-bond acceptors (Lipinski definition) is 1. The minimum absolute atomic E-state index is 0.113. The number of rotatable bonds is 4. The molecule has 88 valence electrons. The lowest BCUT2D eigenvalue weighted by molar-refractivity contribution is -0.138. The molecule has 0 saturated heterocycles. The summed E-state index contributed by atoms with van der Waals surface area (Å²) in [6.07, 6.45) is -4.32. The number of benzene rings is 1. The maximum absolute atomic E-state index is 12.6. The SMILES string of the molecule is C=C(Cl)CNCc1ccccc1C(F)(F)F. The summed E-state index contributed by atoms with van der Waals surface area (Å²) in [6.45, 7) is 3.84. The van der Waals surface area contributed by atoms with Gasteiger partial charge in [0.25, 0.3) is 0 Å². The summed E-state index contributed by atoms with van der Waals surface area (Å²) in [6, 6.07) is 5.44. The highest BCUT2D eigenvalue weighted by molar-refractivity contribution is 6.29. The molecule has 0 amide bonds. The Bertz CT molecular complexity index is 374. The molecule has 0 unspecified atom stereocenters. The Hall–Kier alpha value is -1.00. The molecule has 0 heterocycles. The third kappa shape index (κ3) is 3.87. The van der Waals surface area contributed by atoms with Gasteiger partial charge in [-0.05, 0) is 11.6 Å². The predicted octanol–water partition coefficient (Wildman–Crippen LogP) is 3.55. The Labute approximate surface area is 96.9 Å². The van der Waals surface area contributed by atoms with Crippen LogP contribution in [0.5, 0.6) is 0 Å². The van der Waals surface area contributed by atoms with Crippen molar-refractivity contribution in [3.8, 4) is 0 Å². The van der Waals surface area contributed by atoms with Crippen LogP contribution in [0.4, 0.5) is 13.2 Å². The lowest BCUT2D eigenvalue weighted by Gasteiger charge is -2.12. The Morgan fingerprint density at radius 1 is 1.31 bits per heavy atom. The molecule has 0 aliphatic carbocycles. The highest BCUT2D eigenvalue weighted by Crippen LogP contribution is 2.31. The molecule has 0 atom stereocenters. The molecule has 0 radical (unpaired) electrons. The number of nitrogens with one attached hydrogen (secondary N) is 1. The quantitative estimate of drug-likeness (QED) is 0.861. The van der Waals surface area contributed by atoms with Crippen molar-refractivity contribution in [3.05, 3.63) is 47.0 Å². The van der Waals surface area contributed by atoms with Crippen molar-refractivity contribution in [1.29, 1.82) is 0 Å². The second kappa shape index (κ2) is 5.37. The summed E-state index contributed by atoms with van der Waals surface area (Å²) in [5.74, 6) is 0. The summed E-state index contributed by atoms with van der Waals surface area (Å²) < 4.78 is 37.7. The second-order valence-corrected chi connectivity index (χ2v) is 3.81. The molecule has 1 N–H and O–H groups in total. The first-order chi connectivity index (χ1) is 7.41. The van der Waals surface area contributed by atoms with Crippen molar-refractivity contribution in [2.45, 2.75) is 12.7 Å². The second-order valence-electron chi connectivity index (χ2n) is 3.28. The average Bonchev–Trinajstić information content (AvgIpc) is 2.16. The van der Waals surface area contributed by atoms with E-state index in [1.54, 1.807) is 6.07 Å². The molecular formula is C11H11ClF3N. The minimum atomic E-state index is -4.32. The fourth-order valence-corrected chi connectivity index (χ4v) is 1.38. The summed E-state index contributed by atoms with van der Waals surface area (Å²) in [4.78, 5) is 0. The molecule has 0 aliphatic rings. The van der Waals surface area contributed by atoms with Crippen molar-refractivity contribution >= 4 is 11.6 Å². The van der Waals surface area contributed by atoms with Crippen molar-refractivity contribution in [3.63, 3.8) is 0 Å². The zero-order valence-electron chi connectivity index (χ0n) is 8.44. The zero-order valence-corrected chi connectivity index (χ0v) is 9.20. The Balaban J connectivity index is 2.76. The number of alkyl halides is 3. The molecular weight excluding hydrogens is 239 g/mol. The van der Waals surface area contributed by atoms with Gasteiger partial charge in [-0.3, -0.25) is 0 Å². The molecule has 0 aromatic heterocycles. The molecule has 0 saturated carbocycles. The molecule has 0 aliphatic heterocycles. The first-order valence-corrected chi connectivity index (χ1v) is 4.98. The van der Waals surface area contributed by atoms with Crippen LogP contribution in [0, 0.1) is 0 Å². The number of hydrogen-bond donors (Lipinski definition) is 1. The molecule has 1 aromatic carbocycles. The molecule has 0 spiro atoms. The van der Waals surface area contributed by atoms with Crippen molar-refractivity contribution in [2.24, 2.45) is 0 Å². The Morgan fingerprint density at radius 2 is 1.94 bits per heavy atom. The van der Waals surface area contributed by atoms with Crippen molar-refractivity contribution < 1.29 is 13.2 Å². The smallest absolute Gasteiger partial charge is 0.308 e. The van der Waals surface area contributed by atoms with Crippen LogP contribution in [0.25, 0.3) is 0 Å². The highest BCUT2D eigenvalue weighted by atomic mass is 35.5. The monoisotopic (exact) mass is 249 g/mol. The summed E-state index contributed by atoms with van der Waals surface area (Å²) in [5.41, 5.74) is -0.421. The van der Waals surface area contributed by atoms with E-state index >= 15 is 0 Å². The molecule has 0 bridgehead atoms. The van der Waals surface area contributed by atoms with Crippen LogP contribution in [0.15, 0.2) is 35.9 Å². The topological polar surface area (TPSA) is 12.0 Å². The Kier molecular flexibility index (Phi) is 4.38. The largest absolute Gasteiger partial charge is 0.416 e. The van der Waals surface area contributed by atoms with Gasteiger partial charge in [0.2, 0.25) is 0 Å². The van der Waals surface area contributed by atoms with Gasteiger partial charge in [-0.15, -0.1) is 0 Å². The zero-order chi connectivity index (χ0) is 12.2.